The minimum atomic E-state index is -0.143. The van der Waals surface area contributed by atoms with Crippen molar-refractivity contribution in [2.45, 2.75) is 45.6 Å². The highest BCUT2D eigenvalue weighted by molar-refractivity contribution is 5.96. The molecule has 1 fully saturated rings. The normalized spacial score (nSPS) is 23.9. The van der Waals surface area contributed by atoms with Crippen LogP contribution in [0.15, 0.2) is 0 Å². The fourth-order valence-electron chi connectivity index (χ4n) is 2.56. The molecule has 0 bridgehead atoms. The molecule has 0 aromatic carbocycles. The van der Waals surface area contributed by atoms with E-state index < -0.39 is 0 Å². The zero-order chi connectivity index (χ0) is 13.1. The molecule has 1 saturated carbocycles. The van der Waals surface area contributed by atoms with Gasteiger partial charge in [0.05, 0.1) is 17.4 Å². The fourth-order valence-corrected chi connectivity index (χ4v) is 2.56. The first-order valence-electron chi connectivity index (χ1n) is 6.55. The molecule has 5 nitrogen and oxygen atoms in total. The second kappa shape index (κ2) is 5.52. The summed E-state index contributed by atoms with van der Waals surface area (Å²) in [6.45, 7) is 4.37. The minimum absolute atomic E-state index is 0.0510. The molecule has 1 amide bonds. The summed E-state index contributed by atoms with van der Waals surface area (Å²) in [4.78, 5) is 12.0. The lowest BCUT2D eigenvalue weighted by Gasteiger charge is -2.25. The molecule has 5 heteroatoms. The Morgan fingerprint density at radius 1 is 1.39 bits per heavy atom. The number of aromatic nitrogens is 2. The van der Waals surface area contributed by atoms with Crippen molar-refractivity contribution in [3.63, 3.8) is 0 Å². The van der Waals surface area contributed by atoms with Crippen molar-refractivity contribution < 1.29 is 9.90 Å². The summed E-state index contributed by atoms with van der Waals surface area (Å²) in [7, 11) is 0. The van der Waals surface area contributed by atoms with E-state index in [4.69, 9.17) is 0 Å². The highest BCUT2D eigenvalue weighted by Gasteiger charge is 2.21. The van der Waals surface area contributed by atoms with Crippen molar-refractivity contribution in [1.82, 2.24) is 15.5 Å². The largest absolute Gasteiger partial charge is 0.393 e. The Bertz CT molecular complexity index is 400. The quantitative estimate of drug-likeness (QED) is 0.758. The number of rotatable bonds is 3. The number of nitrogens with one attached hydrogen (secondary N) is 2. The van der Waals surface area contributed by atoms with Gasteiger partial charge in [-0.2, -0.15) is 5.10 Å². The molecular weight excluding hydrogens is 230 g/mol. The van der Waals surface area contributed by atoms with Gasteiger partial charge in [-0.15, -0.1) is 0 Å². The number of H-pyrrole nitrogens is 1. The van der Waals surface area contributed by atoms with Crippen molar-refractivity contribution in [1.29, 1.82) is 0 Å². The number of aliphatic hydroxyl groups is 1. The van der Waals surface area contributed by atoms with Crippen LogP contribution < -0.4 is 5.32 Å². The Morgan fingerprint density at radius 2 is 2.06 bits per heavy atom. The van der Waals surface area contributed by atoms with E-state index in [1.807, 2.05) is 13.8 Å². The number of hydrogen-bond acceptors (Lipinski definition) is 3. The third-order valence-corrected chi connectivity index (χ3v) is 3.72. The first kappa shape index (κ1) is 13.1. The molecule has 1 heterocycles. The number of nitrogens with zero attached hydrogens (tertiary/aromatic N) is 1. The first-order valence-corrected chi connectivity index (χ1v) is 6.55. The highest BCUT2D eigenvalue weighted by Crippen LogP contribution is 2.23. The van der Waals surface area contributed by atoms with E-state index in [-0.39, 0.29) is 12.0 Å². The van der Waals surface area contributed by atoms with E-state index in [0.29, 0.717) is 18.0 Å². The number of aromatic amines is 1. The third-order valence-electron chi connectivity index (χ3n) is 3.72. The van der Waals surface area contributed by atoms with Crippen LogP contribution in [0.5, 0.6) is 0 Å². The molecule has 2 rings (SSSR count). The average molecular weight is 251 g/mol. The van der Waals surface area contributed by atoms with Crippen LogP contribution in [0.1, 0.15) is 47.4 Å². The predicted molar refractivity (Wildman–Crippen MR) is 68.4 cm³/mol. The first-order chi connectivity index (χ1) is 8.58. The summed E-state index contributed by atoms with van der Waals surface area (Å²) < 4.78 is 0. The summed E-state index contributed by atoms with van der Waals surface area (Å²) in [6.07, 6.45) is 3.54. The van der Waals surface area contributed by atoms with E-state index in [9.17, 15) is 9.90 Å². The summed E-state index contributed by atoms with van der Waals surface area (Å²) in [5, 5.41) is 19.2. The van der Waals surface area contributed by atoms with Gasteiger partial charge in [-0.1, -0.05) is 0 Å². The number of carbonyl (C=O) groups excluding carboxylic acids is 1. The van der Waals surface area contributed by atoms with Crippen molar-refractivity contribution in [2.24, 2.45) is 5.92 Å². The lowest BCUT2D eigenvalue weighted by Crippen LogP contribution is -2.32. The molecule has 0 radical (unpaired) electrons. The van der Waals surface area contributed by atoms with Gasteiger partial charge in [0, 0.05) is 12.2 Å². The maximum Gasteiger partial charge on any atom is 0.255 e. The molecule has 1 aromatic rings. The standard InChI is InChI=1S/C13H21N3O2/c1-8-12(9(2)16-15-8)13(18)14-7-10-3-5-11(17)6-4-10/h10-11,17H,3-7H2,1-2H3,(H,14,18)(H,15,16). The van der Waals surface area contributed by atoms with Crippen LogP contribution in [-0.4, -0.2) is 33.9 Å². The molecule has 18 heavy (non-hydrogen) atoms. The lowest BCUT2D eigenvalue weighted by atomic mass is 9.87. The molecule has 0 saturated heterocycles. The molecule has 0 atom stereocenters. The molecule has 100 valence electrons. The van der Waals surface area contributed by atoms with Gasteiger partial charge in [0.1, 0.15) is 0 Å². The number of hydrogen-bond donors (Lipinski definition) is 3. The van der Waals surface area contributed by atoms with Crippen LogP contribution in [0.3, 0.4) is 0 Å². The lowest BCUT2D eigenvalue weighted by molar-refractivity contribution is 0.0909. The second-order valence-corrected chi connectivity index (χ2v) is 5.19. The van der Waals surface area contributed by atoms with Gasteiger partial charge in [-0.25, -0.2) is 0 Å². The van der Waals surface area contributed by atoms with Crippen LogP contribution in [0.25, 0.3) is 0 Å². The predicted octanol–water partition coefficient (Wildman–Crippen LogP) is 1.31. The van der Waals surface area contributed by atoms with Crippen molar-refractivity contribution in [3.8, 4) is 0 Å². The molecule has 0 aliphatic heterocycles. The minimum Gasteiger partial charge on any atom is -0.393 e. The number of amides is 1. The molecule has 3 N–H and O–H groups in total. The fraction of sp³-hybridized carbons (Fsp3) is 0.692. The highest BCUT2D eigenvalue weighted by atomic mass is 16.3. The Labute approximate surface area is 107 Å². The number of carbonyl (C=O) groups is 1. The van der Waals surface area contributed by atoms with Gasteiger partial charge < -0.3 is 10.4 Å². The second-order valence-electron chi connectivity index (χ2n) is 5.19. The summed E-state index contributed by atoms with van der Waals surface area (Å²) >= 11 is 0. The van der Waals surface area contributed by atoms with Gasteiger partial charge in [0.25, 0.3) is 5.91 Å². The zero-order valence-electron chi connectivity index (χ0n) is 11.0. The molecule has 0 unspecified atom stereocenters. The molecule has 1 aliphatic carbocycles. The van der Waals surface area contributed by atoms with Gasteiger partial charge in [0.15, 0.2) is 0 Å². The Morgan fingerprint density at radius 3 is 2.61 bits per heavy atom. The van der Waals surface area contributed by atoms with E-state index >= 15 is 0 Å². The summed E-state index contributed by atoms with van der Waals surface area (Å²) in [6, 6.07) is 0. The number of aryl methyl sites for hydroxylation is 2. The monoisotopic (exact) mass is 251 g/mol. The molecular formula is C13H21N3O2. The molecule has 1 aliphatic rings. The van der Waals surface area contributed by atoms with Crippen molar-refractivity contribution in [2.75, 3.05) is 6.54 Å². The van der Waals surface area contributed by atoms with E-state index in [2.05, 4.69) is 15.5 Å². The smallest absolute Gasteiger partial charge is 0.255 e. The van der Waals surface area contributed by atoms with E-state index in [0.717, 1.165) is 37.1 Å². The maximum atomic E-state index is 12.0. The van der Waals surface area contributed by atoms with Gasteiger partial charge >= 0.3 is 0 Å². The van der Waals surface area contributed by atoms with Gasteiger partial charge in [0.2, 0.25) is 0 Å². The van der Waals surface area contributed by atoms with Crippen LogP contribution in [-0.2, 0) is 0 Å². The zero-order valence-corrected chi connectivity index (χ0v) is 11.0. The Hall–Kier alpha value is -1.36. The third kappa shape index (κ3) is 2.90. The van der Waals surface area contributed by atoms with E-state index in [1.165, 1.54) is 0 Å². The average Bonchev–Trinajstić information content (AvgIpc) is 2.68. The molecule has 0 spiro atoms. The Kier molecular flexibility index (Phi) is 4.01. The topological polar surface area (TPSA) is 78.0 Å². The van der Waals surface area contributed by atoms with E-state index in [1.54, 1.807) is 0 Å². The van der Waals surface area contributed by atoms with Crippen molar-refractivity contribution >= 4 is 5.91 Å². The van der Waals surface area contributed by atoms with Crippen LogP contribution >= 0.6 is 0 Å². The van der Waals surface area contributed by atoms with Crippen LogP contribution in [0.2, 0.25) is 0 Å². The summed E-state index contributed by atoms with van der Waals surface area (Å²) in [5.74, 6) is 0.440. The van der Waals surface area contributed by atoms with Crippen LogP contribution in [0, 0.1) is 19.8 Å². The number of aliphatic hydroxyl groups excluding tert-OH is 1. The van der Waals surface area contributed by atoms with Gasteiger partial charge in [-0.3, -0.25) is 9.89 Å². The Balaban J connectivity index is 1.85. The SMILES string of the molecule is Cc1n[nH]c(C)c1C(=O)NCC1CCC(O)CC1. The van der Waals surface area contributed by atoms with Crippen molar-refractivity contribution in [3.05, 3.63) is 17.0 Å². The summed E-state index contributed by atoms with van der Waals surface area (Å²) in [5.41, 5.74) is 2.21. The van der Waals surface area contributed by atoms with Gasteiger partial charge in [-0.05, 0) is 45.4 Å². The molecule has 1 aromatic heterocycles. The maximum absolute atomic E-state index is 12.0. The van der Waals surface area contributed by atoms with Crippen LogP contribution in [0.4, 0.5) is 0 Å².